The Balaban J connectivity index is 1.61. The van der Waals surface area contributed by atoms with Crippen LogP contribution >= 0.6 is 11.3 Å². The fourth-order valence-electron chi connectivity index (χ4n) is 2.22. The first-order valence-corrected chi connectivity index (χ1v) is 6.59. The highest BCUT2D eigenvalue weighted by Gasteiger charge is 2.31. The van der Waals surface area contributed by atoms with Crippen LogP contribution in [-0.2, 0) is 0 Å². The van der Waals surface area contributed by atoms with Crippen molar-refractivity contribution in [1.82, 2.24) is 25.0 Å². The first-order chi connectivity index (χ1) is 8.92. The van der Waals surface area contributed by atoms with Gasteiger partial charge in [0.25, 0.3) is 0 Å². The Hall–Kier alpha value is -2.02. The Morgan fingerprint density at radius 3 is 2.83 bits per heavy atom. The maximum Gasteiger partial charge on any atom is 0.140 e. The van der Waals surface area contributed by atoms with Gasteiger partial charge in [-0.2, -0.15) is 15.0 Å². The van der Waals surface area contributed by atoms with Crippen molar-refractivity contribution in [3.63, 3.8) is 0 Å². The summed E-state index contributed by atoms with van der Waals surface area (Å²) in [6.07, 6.45) is 5.06. The lowest BCUT2D eigenvalue weighted by Gasteiger charge is -2.39. The Bertz CT molecular complexity index is 670. The van der Waals surface area contributed by atoms with Gasteiger partial charge in [-0.3, -0.25) is 0 Å². The molecule has 3 aromatic rings. The summed E-state index contributed by atoms with van der Waals surface area (Å²) >= 11 is 1.64. The van der Waals surface area contributed by atoms with Crippen LogP contribution in [0, 0.1) is 0 Å². The maximum absolute atomic E-state index is 4.39. The number of thiophene rings is 1. The van der Waals surface area contributed by atoms with E-state index >= 15 is 0 Å². The van der Waals surface area contributed by atoms with Gasteiger partial charge < -0.3 is 4.90 Å². The predicted molar refractivity (Wildman–Crippen MR) is 68.7 cm³/mol. The van der Waals surface area contributed by atoms with E-state index in [4.69, 9.17) is 0 Å². The highest BCUT2D eigenvalue weighted by Crippen LogP contribution is 2.32. The summed E-state index contributed by atoms with van der Waals surface area (Å²) in [5.41, 5.74) is 0. The molecule has 1 aliphatic heterocycles. The van der Waals surface area contributed by atoms with Gasteiger partial charge in [0.05, 0.1) is 17.8 Å². The minimum absolute atomic E-state index is 0.351. The van der Waals surface area contributed by atoms with Crippen LogP contribution in [0.3, 0.4) is 0 Å². The first kappa shape index (κ1) is 9.95. The smallest absolute Gasteiger partial charge is 0.140 e. The number of anilines is 1. The van der Waals surface area contributed by atoms with Crippen molar-refractivity contribution in [1.29, 1.82) is 0 Å². The van der Waals surface area contributed by atoms with Crippen molar-refractivity contribution in [3.05, 3.63) is 30.2 Å². The molecule has 7 heteroatoms. The molecule has 6 nitrogen and oxygen atoms in total. The summed E-state index contributed by atoms with van der Waals surface area (Å²) in [6, 6.07) is 2.43. The average Bonchev–Trinajstić information content (AvgIpc) is 2.97. The van der Waals surface area contributed by atoms with Crippen LogP contribution in [0.2, 0.25) is 0 Å². The third-order valence-electron chi connectivity index (χ3n) is 3.17. The van der Waals surface area contributed by atoms with Gasteiger partial charge in [0.2, 0.25) is 0 Å². The van der Waals surface area contributed by atoms with Crippen LogP contribution in [0.5, 0.6) is 0 Å². The van der Waals surface area contributed by atoms with E-state index in [1.807, 2.05) is 0 Å². The molecular formula is C11H10N6S. The van der Waals surface area contributed by atoms with E-state index in [0.717, 1.165) is 29.1 Å². The van der Waals surface area contributed by atoms with Crippen LogP contribution in [0.4, 0.5) is 5.82 Å². The summed E-state index contributed by atoms with van der Waals surface area (Å²) in [5, 5.41) is 11.5. The van der Waals surface area contributed by atoms with Gasteiger partial charge >= 0.3 is 0 Å². The van der Waals surface area contributed by atoms with E-state index < -0.39 is 0 Å². The van der Waals surface area contributed by atoms with Gasteiger partial charge in [0.1, 0.15) is 23.0 Å². The van der Waals surface area contributed by atoms with E-state index in [9.17, 15) is 0 Å². The summed E-state index contributed by atoms with van der Waals surface area (Å²) in [6.45, 7) is 1.80. The molecule has 4 rings (SSSR count). The molecule has 0 N–H and O–H groups in total. The molecule has 0 unspecified atom stereocenters. The molecule has 1 saturated heterocycles. The molecule has 0 amide bonds. The van der Waals surface area contributed by atoms with Crippen LogP contribution < -0.4 is 4.90 Å². The Morgan fingerprint density at radius 2 is 2.00 bits per heavy atom. The minimum Gasteiger partial charge on any atom is -0.351 e. The molecule has 0 atom stereocenters. The van der Waals surface area contributed by atoms with Gasteiger partial charge in [-0.15, -0.1) is 11.3 Å². The molecule has 18 heavy (non-hydrogen) atoms. The topological polar surface area (TPSA) is 59.7 Å². The average molecular weight is 258 g/mol. The van der Waals surface area contributed by atoms with Crippen LogP contribution in [0.1, 0.15) is 6.04 Å². The van der Waals surface area contributed by atoms with E-state index in [-0.39, 0.29) is 0 Å². The largest absolute Gasteiger partial charge is 0.351 e. The number of hydrogen-bond acceptors (Lipinski definition) is 6. The summed E-state index contributed by atoms with van der Waals surface area (Å²) in [5.74, 6) is 1.02. The zero-order valence-electron chi connectivity index (χ0n) is 9.47. The van der Waals surface area contributed by atoms with Crippen LogP contribution in [0.25, 0.3) is 10.2 Å². The number of hydrogen-bond donors (Lipinski definition) is 0. The maximum atomic E-state index is 4.39. The van der Waals surface area contributed by atoms with Gasteiger partial charge in [-0.25, -0.2) is 9.97 Å². The number of aromatic nitrogens is 5. The van der Waals surface area contributed by atoms with Crippen LogP contribution in [-0.4, -0.2) is 38.1 Å². The second-order valence-electron chi connectivity index (χ2n) is 4.24. The lowest BCUT2D eigenvalue weighted by molar-refractivity contribution is 0.331. The van der Waals surface area contributed by atoms with Crippen molar-refractivity contribution < 1.29 is 0 Å². The lowest BCUT2D eigenvalue weighted by atomic mass is 10.1. The SMILES string of the molecule is c1nc(N2CC(n3nccn3)C2)c2ccsc2n1. The van der Waals surface area contributed by atoms with Crippen molar-refractivity contribution >= 4 is 27.4 Å². The molecule has 0 saturated carbocycles. The molecule has 1 fully saturated rings. The zero-order valence-corrected chi connectivity index (χ0v) is 10.3. The molecule has 1 aliphatic rings. The standard InChI is InChI=1S/C11H10N6S/c1-4-18-11-9(1)10(12-7-13-11)16-5-8(6-16)17-14-2-3-15-17/h1-4,7-8H,5-6H2. The van der Waals surface area contributed by atoms with Crippen molar-refractivity contribution in [2.75, 3.05) is 18.0 Å². The monoisotopic (exact) mass is 258 g/mol. The van der Waals surface area contributed by atoms with E-state index in [2.05, 4.69) is 36.5 Å². The molecular weight excluding hydrogens is 248 g/mol. The highest BCUT2D eigenvalue weighted by atomic mass is 32.1. The van der Waals surface area contributed by atoms with Crippen molar-refractivity contribution in [2.45, 2.75) is 6.04 Å². The Kier molecular flexibility index (Phi) is 2.07. The molecule has 0 bridgehead atoms. The molecule has 3 aromatic heterocycles. The second kappa shape index (κ2) is 3.74. The first-order valence-electron chi connectivity index (χ1n) is 5.71. The fourth-order valence-corrected chi connectivity index (χ4v) is 2.95. The summed E-state index contributed by atoms with van der Waals surface area (Å²) in [7, 11) is 0. The molecule has 0 aromatic carbocycles. The predicted octanol–water partition coefficient (Wildman–Crippen LogP) is 1.34. The van der Waals surface area contributed by atoms with Gasteiger partial charge in [-0.1, -0.05) is 0 Å². The lowest BCUT2D eigenvalue weighted by Crippen LogP contribution is -2.49. The third kappa shape index (κ3) is 1.40. The minimum atomic E-state index is 0.351. The molecule has 0 radical (unpaired) electrons. The quantitative estimate of drug-likeness (QED) is 0.694. The molecule has 4 heterocycles. The summed E-state index contributed by atoms with van der Waals surface area (Å²) in [4.78, 5) is 13.7. The van der Waals surface area contributed by atoms with Crippen molar-refractivity contribution in [2.24, 2.45) is 0 Å². The van der Waals surface area contributed by atoms with Crippen LogP contribution in [0.15, 0.2) is 30.2 Å². The zero-order chi connectivity index (χ0) is 11.9. The number of nitrogens with zero attached hydrogens (tertiary/aromatic N) is 6. The van der Waals surface area contributed by atoms with E-state index in [0.29, 0.717) is 6.04 Å². The molecule has 0 spiro atoms. The second-order valence-corrected chi connectivity index (χ2v) is 5.14. The Labute approximate surface area is 107 Å². The van der Waals surface area contributed by atoms with Gasteiger partial charge in [0.15, 0.2) is 0 Å². The molecule has 0 aliphatic carbocycles. The van der Waals surface area contributed by atoms with Gasteiger partial charge in [0, 0.05) is 13.1 Å². The fraction of sp³-hybridized carbons (Fsp3) is 0.273. The van der Waals surface area contributed by atoms with E-state index in [1.54, 1.807) is 34.9 Å². The van der Waals surface area contributed by atoms with Crippen molar-refractivity contribution in [3.8, 4) is 0 Å². The third-order valence-corrected chi connectivity index (χ3v) is 3.99. The number of fused-ring (bicyclic) bond motifs is 1. The highest BCUT2D eigenvalue weighted by molar-refractivity contribution is 7.16. The number of rotatable bonds is 2. The van der Waals surface area contributed by atoms with Gasteiger partial charge in [-0.05, 0) is 11.4 Å². The molecule has 90 valence electrons. The summed E-state index contributed by atoms with van der Waals surface area (Å²) < 4.78 is 0. The van der Waals surface area contributed by atoms with E-state index in [1.165, 1.54) is 0 Å². The Morgan fingerprint density at radius 1 is 1.17 bits per heavy atom. The normalized spacial score (nSPS) is 16.1.